The standard InChI is InChI=1S/C14H26O2/c1-11(2)9-13(15)10-12(3)16-14-7-5-4-6-8-14/h7,11-13,15H,4-6,8-10H2,1-3H3/t12-,13-/m1/s1. The van der Waals surface area contributed by atoms with Crippen LogP contribution in [0.1, 0.15) is 59.3 Å². The summed E-state index contributed by atoms with van der Waals surface area (Å²) >= 11 is 0. The molecule has 2 nitrogen and oxygen atoms in total. The minimum atomic E-state index is -0.223. The van der Waals surface area contributed by atoms with Crippen LogP contribution in [0.5, 0.6) is 0 Å². The average molecular weight is 226 g/mol. The molecular formula is C14H26O2. The molecule has 16 heavy (non-hydrogen) atoms. The van der Waals surface area contributed by atoms with Gasteiger partial charge in [0, 0.05) is 12.8 Å². The van der Waals surface area contributed by atoms with Gasteiger partial charge in [0.15, 0.2) is 0 Å². The van der Waals surface area contributed by atoms with Gasteiger partial charge in [0.2, 0.25) is 0 Å². The van der Waals surface area contributed by atoms with Crippen molar-refractivity contribution in [2.45, 2.75) is 71.5 Å². The third-order valence-electron chi connectivity index (χ3n) is 2.95. The van der Waals surface area contributed by atoms with Crippen LogP contribution in [0.4, 0.5) is 0 Å². The van der Waals surface area contributed by atoms with Crippen LogP contribution < -0.4 is 0 Å². The van der Waals surface area contributed by atoms with E-state index >= 15 is 0 Å². The highest BCUT2D eigenvalue weighted by molar-refractivity contribution is 4.97. The summed E-state index contributed by atoms with van der Waals surface area (Å²) in [4.78, 5) is 0. The molecule has 0 bridgehead atoms. The zero-order valence-corrected chi connectivity index (χ0v) is 10.9. The molecule has 1 N–H and O–H groups in total. The number of hydrogen-bond donors (Lipinski definition) is 1. The van der Waals surface area contributed by atoms with Crippen molar-refractivity contribution in [1.29, 1.82) is 0 Å². The Morgan fingerprint density at radius 3 is 2.56 bits per heavy atom. The first-order chi connectivity index (χ1) is 7.58. The molecule has 0 heterocycles. The first-order valence-electron chi connectivity index (χ1n) is 6.61. The summed E-state index contributed by atoms with van der Waals surface area (Å²) in [5.41, 5.74) is 0. The lowest BCUT2D eigenvalue weighted by molar-refractivity contribution is 0.0501. The van der Waals surface area contributed by atoms with E-state index < -0.39 is 0 Å². The molecule has 0 saturated carbocycles. The van der Waals surface area contributed by atoms with Gasteiger partial charge in [-0.15, -0.1) is 0 Å². The molecule has 2 heteroatoms. The number of aliphatic hydroxyl groups is 1. The first kappa shape index (κ1) is 13.6. The highest BCUT2D eigenvalue weighted by Crippen LogP contribution is 2.21. The maximum Gasteiger partial charge on any atom is 0.0978 e. The molecule has 0 radical (unpaired) electrons. The number of allylic oxidation sites excluding steroid dienone is 2. The third kappa shape index (κ3) is 5.55. The van der Waals surface area contributed by atoms with Gasteiger partial charge in [-0.1, -0.05) is 13.8 Å². The second-order valence-corrected chi connectivity index (χ2v) is 5.36. The third-order valence-corrected chi connectivity index (χ3v) is 2.95. The molecule has 94 valence electrons. The molecule has 0 unspecified atom stereocenters. The molecular weight excluding hydrogens is 200 g/mol. The highest BCUT2D eigenvalue weighted by atomic mass is 16.5. The highest BCUT2D eigenvalue weighted by Gasteiger charge is 2.14. The maximum absolute atomic E-state index is 9.82. The van der Waals surface area contributed by atoms with Crippen molar-refractivity contribution in [3.63, 3.8) is 0 Å². The molecule has 1 aliphatic carbocycles. The van der Waals surface area contributed by atoms with Crippen molar-refractivity contribution in [2.24, 2.45) is 5.92 Å². The summed E-state index contributed by atoms with van der Waals surface area (Å²) in [6, 6.07) is 0. The lowest BCUT2D eigenvalue weighted by atomic mass is 10.0. The van der Waals surface area contributed by atoms with E-state index in [2.05, 4.69) is 26.8 Å². The number of rotatable bonds is 6. The van der Waals surface area contributed by atoms with Crippen LogP contribution >= 0.6 is 0 Å². The molecule has 0 saturated heterocycles. The Hall–Kier alpha value is -0.500. The molecule has 0 aromatic carbocycles. The fourth-order valence-corrected chi connectivity index (χ4v) is 2.25. The van der Waals surface area contributed by atoms with E-state index in [4.69, 9.17) is 4.74 Å². The van der Waals surface area contributed by atoms with E-state index in [-0.39, 0.29) is 12.2 Å². The van der Waals surface area contributed by atoms with E-state index in [0.29, 0.717) is 5.92 Å². The zero-order chi connectivity index (χ0) is 12.0. The van der Waals surface area contributed by atoms with Gasteiger partial charge in [-0.25, -0.2) is 0 Å². The minimum absolute atomic E-state index is 0.137. The molecule has 0 aliphatic heterocycles. The Kier molecular flexibility index (Phi) is 5.89. The predicted molar refractivity (Wildman–Crippen MR) is 67.2 cm³/mol. The molecule has 0 aromatic rings. The number of aliphatic hydroxyl groups excluding tert-OH is 1. The van der Waals surface area contributed by atoms with Gasteiger partial charge >= 0.3 is 0 Å². The average Bonchev–Trinajstić information content (AvgIpc) is 2.17. The molecule has 0 spiro atoms. The molecule has 0 aromatic heterocycles. The lowest BCUT2D eigenvalue weighted by Crippen LogP contribution is -2.19. The molecule has 0 fully saturated rings. The van der Waals surface area contributed by atoms with Gasteiger partial charge in [-0.3, -0.25) is 0 Å². The first-order valence-corrected chi connectivity index (χ1v) is 6.61. The smallest absolute Gasteiger partial charge is 0.0978 e. The van der Waals surface area contributed by atoms with Crippen LogP contribution in [0.3, 0.4) is 0 Å². The molecule has 1 rings (SSSR count). The normalized spacial score (nSPS) is 20.4. The SMILES string of the molecule is CC(C)C[C@@H](O)C[C@@H](C)OC1=CCCCC1. The van der Waals surface area contributed by atoms with Crippen molar-refractivity contribution < 1.29 is 9.84 Å². The van der Waals surface area contributed by atoms with E-state index in [1.165, 1.54) is 12.8 Å². The van der Waals surface area contributed by atoms with Crippen LogP contribution in [0, 0.1) is 5.92 Å². The van der Waals surface area contributed by atoms with Crippen LogP contribution in [0.2, 0.25) is 0 Å². The monoisotopic (exact) mass is 226 g/mol. The van der Waals surface area contributed by atoms with Crippen molar-refractivity contribution in [1.82, 2.24) is 0 Å². The van der Waals surface area contributed by atoms with Crippen LogP contribution in [0.15, 0.2) is 11.8 Å². The van der Waals surface area contributed by atoms with Gasteiger partial charge < -0.3 is 9.84 Å². The molecule has 0 amide bonds. The van der Waals surface area contributed by atoms with Crippen molar-refractivity contribution in [3.8, 4) is 0 Å². The van der Waals surface area contributed by atoms with Gasteiger partial charge in [0.05, 0.1) is 18.0 Å². The maximum atomic E-state index is 9.82. The van der Waals surface area contributed by atoms with E-state index in [1.54, 1.807) is 0 Å². The van der Waals surface area contributed by atoms with Crippen LogP contribution in [-0.4, -0.2) is 17.3 Å². The van der Waals surface area contributed by atoms with Crippen LogP contribution in [0.25, 0.3) is 0 Å². The van der Waals surface area contributed by atoms with Crippen molar-refractivity contribution >= 4 is 0 Å². The van der Waals surface area contributed by atoms with Gasteiger partial charge in [0.1, 0.15) is 0 Å². The Balaban J connectivity index is 2.23. The Labute approximate surface area is 99.7 Å². The summed E-state index contributed by atoms with van der Waals surface area (Å²) in [5, 5.41) is 9.82. The topological polar surface area (TPSA) is 29.5 Å². The van der Waals surface area contributed by atoms with Gasteiger partial charge in [-0.2, -0.15) is 0 Å². The predicted octanol–water partition coefficient (Wildman–Crippen LogP) is 3.65. The number of ether oxygens (including phenoxy) is 1. The van der Waals surface area contributed by atoms with Crippen LogP contribution in [-0.2, 0) is 4.74 Å². The zero-order valence-electron chi connectivity index (χ0n) is 10.9. The summed E-state index contributed by atoms with van der Waals surface area (Å²) in [6.45, 7) is 6.33. The second kappa shape index (κ2) is 6.95. The quantitative estimate of drug-likeness (QED) is 0.749. The fourth-order valence-electron chi connectivity index (χ4n) is 2.25. The Morgan fingerprint density at radius 2 is 2.00 bits per heavy atom. The lowest BCUT2D eigenvalue weighted by Gasteiger charge is -2.22. The van der Waals surface area contributed by atoms with E-state index in [1.807, 2.05) is 0 Å². The molecule has 2 atom stereocenters. The fraction of sp³-hybridized carbons (Fsp3) is 0.857. The van der Waals surface area contributed by atoms with E-state index in [0.717, 1.165) is 31.4 Å². The summed E-state index contributed by atoms with van der Waals surface area (Å²) < 4.78 is 5.84. The largest absolute Gasteiger partial charge is 0.495 e. The summed E-state index contributed by atoms with van der Waals surface area (Å²) in [7, 11) is 0. The summed E-state index contributed by atoms with van der Waals surface area (Å²) in [5.74, 6) is 1.69. The van der Waals surface area contributed by atoms with Crippen molar-refractivity contribution in [2.75, 3.05) is 0 Å². The Bertz CT molecular complexity index is 221. The van der Waals surface area contributed by atoms with Gasteiger partial charge in [0.25, 0.3) is 0 Å². The molecule has 1 aliphatic rings. The van der Waals surface area contributed by atoms with Crippen molar-refractivity contribution in [3.05, 3.63) is 11.8 Å². The number of hydrogen-bond acceptors (Lipinski definition) is 2. The van der Waals surface area contributed by atoms with E-state index in [9.17, 15) is 5.11 Å². The minimum Gasteiger partial charge on any atom is -0.495 e. The Morgan fingerprint density at radius 1 is 1.25 bits per heavy atom. The second-order valence-electron chi connectivity index (χ2n) is 5.36. The van der Waals surface area contributed by atoms with Gasteiger partial charge in [-0.05, 0) is 44.6 Å². The summed E-state index contributed by atoms with van der Waals surface area (Å²) in [6.07, 6.45) is 8.49.